The van der Waals surface area contributed by atoms with Gasteiger partial charge in [-0.2, -0.15) is 0 Å². The van der Waals surface area contributed by atoms with Crippen LogP contribution in [0.1, 0.15) is 12.5 Å². The van der Waals surface area contributed by atoms with E-state index in [0.717, 1.165) is 5.56 Å². The van der Waals surface area contributed by atoms with Crippen LogP contribution in [0.5, 0.6) is 0 Å². The van der Waals surface area contributed by atoms with E-state index in [1.807, 2.05) is 30.3 Å². The van der Waals surface area contributed by atoms with Crippen LogP contribution in [-0.4, -0.2) is 62.8 Å². The Balaban J connectivity index is 2.56. The Morgan fingerprint density at radius 3 is 2.04 bits per heavy atom. The number of esters is 3. The fourth-order valence-electron chi connectivity index (χ4n) is 1.97. The fourth-order valence-corrected chi connectivity index (χ4v) is 1.97. The minimum atomic E-state index is -0.779. The van der Waals surface area contributed by atoms with Crippen molar-refractivity contribution in [1.82, 2.24) is 4.90 Å². The van der Waals surface area contributed by atoms with Crippen LogP contribution >= 0.6 is 0 Å². The Morgan fingerprint density at radius 1 is 1.00 bits per heavy atom. The molecule has 0 aliphatic heterocycles. The van der Waals surface area contributed by atoms with E-state index in [-0.39, 0.29) is 19.7 Å². The molecular weight excluding hydrogens is 314 g/mol. The van der Waals surface area contributed by atoms with Crippen LogP contribution in [0.15, 0.2) is 30.3 Å². The van der Waals surface area contributed by atoms with Crippen LogP contribution in [0, 0.1) is 0 Å². The molecule has 0 fully saturated rings. The molecular formula is C17H23NO6. The SMILES string of the molecule is COC(=O)CN(CC(=O)OC)C(C)C(=O)OCCc1ccccc1. The number of nitrogens with zero attached hydrogens (tertiary/aromatic N) is 1. The van der Waals surface area contributed by atoms with Crippen molar-refractivity contribution in [2.75, 3.05) is 33.9 Å². The molecule has 0 bridgehead atoms. The molecule has 0 saturated carbocycles. The number of hydrogen-bond donors (Lipinski definition) is 0. The average molecular weight is 337 g/mol. The lowest BCUT2D eigenvalue weighted by atomic mass is 10.2. The van der Waals surface area contributed by atoms with E-state index in [0.29, 0.717) is 6.42 Å². The van der Waals surface area contributed by atoms with Crippen LogP contribution in [0.25, 0.3) is 0 Å². The van der Waals surface area contributed by atoms with E-state index < -0.39 is 23.9 Å². The maximum Gasteiger partial charge on any atom is 0.323 e. The van der Waals surface area contributed by atoms with Crippen molar-refractivity contribution in [1.29, 1.82) is 0 Å². The Morgan fingerprint density at radius 2 is 1.54 bits per heavy atom. The second-order valence-corrected chi connectivity index (χ2v) is 5.14. The maximum atomic E-state index is 12.1. The Labute approximate surface area is 141 Å². The number of methoxy groups -OCH3 is 2. The first-order valence-electron chi connectivity index (χ1n) is 7.56. The van der Waals surface area contributed by atoms with Crippen LogP contribution in [0.2, 0.25) is 0 Å². The van der Waals surface area contributed by atoms with Crippen molar-refractivity contribution in [3.05, 3.63) is 35.9 Å². The predicted molar refractivity (Wildman–Crippen MR) is 86.2 cm³/mol. The molecule has 1 atom stereocenters. The molecule has 0 saturated heterocycles. The summed E-state index contributed by atoms with van der Waals surface area (Å²) in [6, 6.07) is 8.84. The number of carbonyl (C=O) groups is 3. The molecule has 0 radical (unpaired) electrons. The highest BCUT2D eigenvalue weighted by molar-refractivity contribution is 5.79. The van der Waals surface area contributed by atoms with E-state index in [1.165, 1.54) is 19.1 Å². The van der Waals surface area contributed by atoms with Crippen LogP contribution < -0.4 is 0 Å². The van der Waals surface area contributed by atoms with Gasteiger partial charge < -0.3 is 14.2 Å². The molecule has 1 unspecified atom stereocenters. The van der Waals surface area contributed by atoms with Gasteiger partial charge in [-0.1, -0.05) is 30.3 Å². The molecule has 1 rings (SSSR count). The third kappa shape index (κ3) is 6.78. The second kappa shape index (κ2) is 10.4. The minimum Gasteiger partial charge on any atom is -0.468 e. The first-order valence-corrected chi connectivity index (χ1v) is 7.56. The molecule has 0 amide bonds. The minimum absolute atomic E-state index is 0.208. The van der Waals surface area contributed by atoms with Gasteiger partial charge in [-0.3, -0.25) is 19.3 Å². The number of rotatable bonds is 9. The van der Waals surface area contributed by atoms with Crippen LogP contribution in [0.4, 0.5) is 0 Å². The molecule has 0 aliphatic carbocycles. The van der Waals surface area contributed by atoms with Crippen molar-refractivity contribution in [3.63, 3.8) is 0 Å². The quantitative estimate of drug-likeness (QED) is 0.487. The van der Waals surface area contributed by atoms with Gasteiger partial charge in [-0.15, -0.1) is 0 Å². The summed E-state index contributed by atoms with van der Waals surface area (Å²) in [6.07, 6.45) is 0.591. The Kier molecular flexibility index (Phi) is 8.49. The van der Waals surface area contributed by atoms with Crippen LogP contribution in [-0.2, 0) is 35.0 Å². The summed E-state index contributed by atoms with van der Waals surface area (Å²) < 4.78 is 14.4. The summed E-state index contributed by atoms with van der Waals surface area (Å²) in [5, 5.41) is 0. The van der Waals surface area contributed by atoms with Crippen molar-refractivity contribution >= 4 is 17.9 Å². The smallest absolute Gasteiger partial charge is 0.323 e. The summed E-state index contributed by atoms with van der Waals surface area (Å²) >= 11 is 0. The number of hydrogen-bond acceptors (Lipinski definition) is 7. The predicted octanol–water partition coefficient (Wildman–Crippen LogP) is 0.809. The van der Waals surface area contributed by atoms with Crippen molar-refractivity contribution in [2.24, 2.45) is 0 Å². The van der Waals surface area contributed by atoms with Gasteiger partial charge in [0.05, 0.1) is 33.9 Å². The van der Waals surface area contributed by atoms with E-state index in [2.05, 4.69) is 9.47 Å². The first kappa shape index (κ1) is 19.6. The third-order valence-corrected chi connectivity index (χ3v) is 3.49. The van der Waals surface area contributed by atoms with Gasteiger partial charge in [0.25, 0.3) is 0 Å². The molecule has 0 spiro atoms. The van der Waals surface area contributed by atoms with Gasteiger partial charge in [0.2, 0.25) is 0 Å². The molecule has 1 aromatic rings. The van der Waals surface area contributed by atoms with E-state index in [4.69, 9.17) is 4.74 Å². The summed E-state index contributed by atoms with van der Waals surface area (Å²) in [5.74, 6) is -1.62. The monoisotopic (exact) mass is 337 g/mol. The van der Waals surface area contributed by atoms with Gasteiger partial charge in [0.15, 0.2) is 0 Å². The highest BCUT2D eigenvalue weighted by Crippen LogP contribution is 2.05. The van der Waals surface area contributed by atoms with Gasteiger partial charge in [0, 0.05) is 6.42 Å². The standard InChI is InChI=1S/C17H23NO6/c1-13(18(11-15(19)22-2)12-16(20)23-3)17(21)24-10-9-14-7-5-4-6-8-14/h4-8,13H,9-12H2,1-3H3. The van der Waals surface area contributed by atoms with Gasteiger partial charge >= 0.3 is 17.9 Å². The Hall–Kier alpha value is -2.41. The lowest BCUT2D eigenvalue weighted by Gasteiger charge is -2.25. The molecule has 0 N–H and O–H groups in total. The van der Waals surface area contributed by atoms with Gasteiger partial charge in [0.1, 0.15) is 6.04 Å². The van der Waals surface area contributed by atoms with Crippen LogP contribution in [0.3, 0.4) is 0 Å². The normalized spacial score (nSPS) is 11.7. The van der Waals surface area contributed by atoms with E-state index in [9.17, 15) is 14.4 Å². The molecule has 132 valence electrons. The van der Waals surface area contributed by atoms with Crippen molar-refractivity contribution < 1.29 is 28.6 Å². The lowest BCUT2D eigenvalue weighted by molar-refractivity contribution is -0.154. The summed E-state index contributed by atoms with van der Waals surface area (Å²) in [4.78, 5) is 36.4. The Bertz CT molecular complexity index is 527. The van der Waals surface area contributed by atoms with Crippen molar-refractivity contribution in [2.45, 2.75) is 19.4 Å². The molecule has 7 nitrogen and oxygen atoms in total. The average Bonchev–Trinajstić information content (AvgIpc) is 2.60. The molecule has 24 heavy (non-hydrogen) atoms. The number of benzene rings is 1. The van der Waals surface area contributed by atoms with E-state index >= 15 is 0 Å². The zero-order valence-electron chi connectivity index (χ0n) is 14.2. The molecule has 1 aromatic carbocycles. The first-order chi connectivity index (χ1) is 11.5. The molecule has 0 heterocycles. The summed E-state index contributed by atoms with van der Waals surface area (Å²) in [5.41, 5.74) is 1.05. The zero-order chi connectivity index (χ0) is 17.9. The molecule has 0 aliphatic rings. The van der Waals surface area contributed by atoms with Gasteiger partial charge in [-0.25, -0.2) is 0 Å². The van der Waals surface area contributed by atoms with E-state index in [1.54, 1.807) is 6.92 Å². The zero-order valence-corrected chi connectivity index (χ0v) is 14.2. The third-order valence-electron chi connectivity index (χ3n) is 3.49. The summed E-state index contributed by atoms with van der Waals surface area (Å²) in [6.45, 7) is 1.37. The largest absolute Gasteiger partial charge is 0.468 e. The highest BCUT2D eigenvalue weighted by atomic mass is 16.5. The second-order valence-electron chi connectivity index (χ2n) is 5.14. The number of carbonyl (C=O) groups excluding carboxylic acids is 3. The van der Waals surface area contributed by atoms with Gasteiger partial charge in [-0.05, 0) is 12.5 Å². The summed E-state index contributed by atoms with van der Waals surface area (Å²) in [7, 11) is 2.48. The highest BCUT2D eigenvalue weighted by Gasteiger charge is 2.27. The molecule has 7 heteroatoms. The number of ether oxygens (including phenoxy) is 3. The maximum absolute atomic E-state index is 12.1. The topological polar surface area (TPSA) is 82.1 Å². The lowest BCUT2D eigenvalue weighted by Crippen LogP contribution is -2.46. The molecule has 0 aromatic heterocycles. The fraction of sp³-hybridized carbons (Fsp3) is 0.471. The van der Waals surface area contributed by atoms with Crippen molar-refractivity contribution in [3.8, 4) is 0 Å².